The average Bonchev–Trinajstić information content (AvgIpc) is 4.01. The maximum absolute atomic E-state index is 7.08. The maximum Gasteiger partial charge on any atom is 0.160 e. The van der Waals surface area contributed by atoms with Crippen molar-refractivity contribution < 1.29 is 4.42 Å². The van der Waals surface area contributed by atoms with Gasteiger partial charge in [0.25, 0.3) is 0 Å². The van der Waals surface area contributed by atoms with Crippen LogP contribution in [0.2, 0.25) is 0 Å². The molecule has 1 spiro atoms. The number of hydrogen-bond acceptors (Lipinski definition) is 2. The van der Waals surface area contributed by atoms with E-state index < -0.39 is 5.41 Å². The lowest BCUT2D eigenvalue weighted by atomic mass is 9.68. The lowest BCUT2D eigenvalue weighted by molar-refractivity contribution is 0.586. The predicted molar refractivity (Wildman–Crippen MR) is 277 cm³/mol. The van der Waals surface area contributed by atoms with Crippen molar-refractivity contribution >= 4 is 49.8 Å². The zero-order chi connectivity index (χ0) is 45.1. The van der Waals surface area contributed by atoms with Gasteiger partial charge in [0.05, 0.1) is 11.1 Å². The third-order valence-electron chi connectivity index (χ3n) is 15.6. The molecular weight excluding hydrogens is 799 g/mol. The fourth-order valence-corrected chi connectivity index (χ4v) is 12.2. The molecule has 0 fully saturated rings. The Morgan fingerprint density at radius 2 is 0.879 bits per heavy atom. The van der Waals surface area contributed by atoms with Gasteiger partial charge in [-0.15, -0.1) is 0 Å². The van der Waals surface area contributed by atoms with Gasteiger partial charge in [0.15, 0.2) is 5.58 Å². The highest BCUT2D eigenvalue weighted by Gasteiger charge is 2.52. The summed E-state index contributed by atoms with van der Waals surface area (Å²) in [5, 5.41) is 4.64. The molecule has 0 saturated heterocycles. The summed E-state index contributed by atoms with van der Waals surface area (Å²) >= 11 is 0. The van der Waals surface area contributed by atoms with Crippen LogP contribution in [0, 0.1) is 0 Å². The second-order valence-corrected chi connectivity index (χ2v) is 21.7. The van der Waals surface area contributed by atoms with Crippen LogP contribution < -0.4 is 4.90 Å². The van der Waals surface area contributed by atoms with E-state index in [-0.39, 0.29) is 16.2 Å². The van der Waals surface area contributed by atoms with Gasteiger partial charge in [-0.3, -0.25) is 0 Å². The third kappa shape index (κ3) is 5.19. The molecular formula is C64H53NO. The molecule has 0 amide bonds. The Morgan fingerprint density at radius 1 is 0.409 bits per heavy atom. The molecule has 10 aromatic rings. The molecule has 3 aliphatic rings. The molecule has 0 bridgehead atoms. The van der Waals surface area contributed by atoms with Crippen LogP contribution in [-0.2, 0) is 21.7 Å². The number of furan rings is 1. The first kappa shape index (κ1) is 39.2. The van der Waals surface area contributed by atoms with Crippen molar-refractivity contribution in [2.75, 3.05) is 4.90 Å². The molecule has 0 N–H and O–H groups in total. The number of anilines is 3. The van der Waals surface area contributed by atoms with E-state index >= 15 is 0 Å². The van der Waals surface area contributed by atoms with E-state index in [1.807, 2.05) is 0 Å². The van der Waals surface area contributed by atoms with Crippen LogP contribution in [0.25, 0.3) is 66.1 Å². The largest absolute Gasteiger partial charge is 0.454 e. The van der Waals surface area contributed by atoms with Gasteiger partial charge in [-0.25, -0.2) is 0 Å². The normalized spacial score (nSPS) is 14.9. The Balaban J connectivity index is 1.14. The first-order valence-corrected chi connectivity index (χ1v) is 23.7. The Morgan fingerprint density at radius 3 is 1.52 bits per heavy atom. The van der Waals surface area contributed by atoms with E-state index in [1.165, 1.54) is 88.7 Å². The van der Waals surface area contributed by atoms with Crippen molar-refractivity contribution in [3.8, 4) is 33.4 Å². The highest BCUT2D eigenvalue weighted by Crippen LogP contribution is 2.64. The van der Waals surface area contributed by atoms with Crippen molar-refractivity contribution in [3.05, 3.63) is 220 Å². The van der Waals surface area contributed by atoms with E-state index in [9.17, 15) is 0 Å². The number of fused-ring (bicyclic) bond motifs is 18. The molecule has 2 heteroatoms. The number of nitrogens with zero attached hydrogens (tertiary/aromatic N) is 1. The van der Waals surface area contributed by atoms with Gasteiger partial charge in [-0.2, -0.15) is 0 Å². The minimum Gasteiger partial charge on any atom is -0.454 e. The summed E-state index contributed by atoms with van der Waals surface area (Å²) in [6, 6.07) is 66.9. The molecule has 13 rings (SSSR count). The van der Waals surface area contributed by atoms with E-state index in [0.717, 1.165) is 39.0 Å². The molecule has 66 heavy (non-hydrogen) atoms. The Bertz CT molecular complexity index is 3650. The number of rotatable bonds is 3. The molecule has 3 aliphatic carbocycles. The summed E-state index contributed by atoms with van der Waals surface area (Å²) in [5.74, 6) is 0. The minimum atomic E-state index is -0.541. The summed E-state index contributed by atoms with van der Waals surface area (Å²) < 4.78 is 7.08. The highest BCUT2D eigenvalue weighted by atomic mass is 16.3. The lowest BCUT2D eigenvalue weighted by Gasteiger charge is -2.34. The van der Waals surface area contributed by atoms with Crippen molar-refractivity contribution in [3.63, 3.8) is 0 Å². The van der Waals surface area contributed by atoms with Gasteiger partial charge in [0.1, 0.15) is 5.58 Å². The van der Waals surface area contributed by atoms with Crippen LogP contribution in [0.4, 0.5) is 17.1 Å². The maximum atomic E-state index is 7.08. The predicted octanol–water partition coefficient (Wildman–Crippen LogP) is 17.5. The van der Waals surface area contributed by atoms with Gasteiger partial charge < -0.3 is 9.32 Å². The van der Waals surface area contributed by atoms with Crippen LogP contribution in [0.1, 0.15) is 99.9 Å². The van der Waals surface area contributed by atoms with Crippen LogP contribution in [-0.4, -0.2) is 0 Å². The quantitative estimate of drug-likeness (QED) is 0.176. The summed E-state index contributed by atoms with van der Waals surface area (Å²) in [7, 11) is 0. The number of benzene rings is 9. The van der Waals surface area contributed by atoms with E-state index in [1.54, 1.807) is 0 Å². The fraction of sp³-hybridized carbons (Fsp3) is 0.188. The molecule has 0 radical (unpaired) electrons. The minimum absolute atomic E-state index is 0.0315. The van der Waals surface area contributed by atoms with Crippen LogP contribution in [0.3, 0.4) is 0 Å². The summed E-state index contributed by atoms with van der Waals surface area (Å²) in [6.45, 7) is 18.8. The van der Waals surface area contributed by atoms with E-state index in [0.29, 0.717) is 0 Å². The monoisotopic (exact) mass is 851 g/mol. The van der Waals surface area contributed by atoms with Crippen molar-refractivity contribution in [2.24, 2.45) is 0 Å². The Labute approximate surface area is 388 Å². The zero-order valence-electron chi connectivity index (χ0n) is 39.1. The molecule has 1 heterocycles. The summed E-state index contributed by atoms with van der Waals surface area (Å²) in [6.07, 6.45) is 0. The van der Waals surface area contributed by atoms with E-state index in [2.05, 4.69) is 236 Å². The summed E-state index contributed by atoms with van der Waals surface area (Å²) in [5.41, 5.74) is 22.9. The molecule has 9 aromatic carbocycles. The van der Waals surface area contributed by atoms with Gasteiger partial charge in [-0.05, 0) is 136 Å². The molecule has 0 atom stereocenters. The van der Waals surface area contributed by atoms with Gasteiger partial charge in [0, 0.05) is 27.6 Å². The lowest BCUT2D eigenvalue weighted by Crippen LogP contribution is -2.27. The molecule has 320 valence electrons. The molecule has 0 aliphatic heterocycles. The van der Waals surface area contributed by atoms with Gasteiger partial charge in [0.2, 0.25) is 0 Å². The Kier molecular flexibility index (Phi) is 7.86. The van der Waals surface area contributed by atoms with Crippen molar-refractivity contribution in [1.29, 1.82) is 0 Å². The molecule has 2 nitrogen and oxygen atoms in total. The summed E-state index contributed by atoms with van der Waals surface area (Å²) in [4.78, 5) is 2.50. The van der Waals surface area contributed by atoms with Crippen LogP contribution in [0.5, 0.6) is 0 Å². The molecule has 0 saturated carbocycles. The highest BCUT2D eigenvalue weighted by molar-refractivity contribution is 6.23. The van der Waals surface area contributed by atoms with Crippen molar-refractivity contribution in [1.82, 2.24) is 0 Å². The smallest absolute Gasteiger partial charge is 0.160 e. The van der Waals surface area contributed by atoms with Crippen LogP contribution in [0.15, 0.2) is 180 Å². The van der Waals surface area contributed by atoms with Crippen LogP contribution >= 0.6 is 0 Å². The van der Waals surface area contributed by atoms with Crippen molar-refractivity contribution in [2.45, 2.75) is 77.0 Å². The Hall–Kier alpha value is -7.16. The second-order valence-electron chi connectivity index (χ2n) is 21.7. The van der Waals surface area contributed by atoms with Gasteiger partial charge >= 0.3 is 0 Å². The second kappa shape index (κ2) is 13.2. The van der Waals surface area contributed by atoms with E-state index in [4.69, 9.17) is 4.42 Å². The average molecular weight is 852 g/mol. The molecule has 0 unspecified atom stereocenters. The SMILES string of the molecule is CC(C)(C)c1ccc2c(c1)C1(c3ccccc3-c3ccc(N(c4ccc5c(c4)C(C)(C)c4ccccc4-5)c4cc5ccccc5c5c4oc4ccccc45)cc31)c1cc(C(C)(C)C)ccc1-2. The first-order valence-electron chi connectivity index (χ1n) is 23.7. The first-order chi connectivity index (χ1) is 31.7. The topological polar surface area (TPSA) is 16.4 Å². The number of hydrogen-bond donors (Lipinski definition) is 0. The zero-order valence-corrected chi connectivity index (χ0v) is 39.1. The standard InChI is InChI=1S/C64H53NO/c1-61(2,3)39-25-29-47-48-30-26-40(62(4,5)6)35-55(48)64(54(47)34-39)52-23-15-12-20-45(52)49-32-28-42(37-56(49)64)65(41-27-31-46-44-19-11-14-22-51(44)63(7,8)53(46)36-41)57-33-38-17-9-10-18-43(38)59-50-21-13-16-24-58(50)66-60(57)59/h9-37H,1-8H3. The molecule has 1 aromatic heterocycles. The third-order valence-corrected chi connectivity index (χ3v) is 15.6. The number of para-hydroxylation sites is 1. The van der Waals surface area contributed by atoms with Gasteiger partial charge in [-0.1, -0.05) is 195 Å². The fourth-order valence-electron chi connectivity index (χ4n) is 12.2.